The molecule has 0 radical (unpaired) electrons. The summed E-state index contributed by atoms with van der Waals surface area (Å²) in [6.07, 6.45) is 1.73. The van der Waals surface area contributed by atoms with Crippen molar-refractivity contribution in [2.24, 2.45) is 0 Å². The van der Waals surface area contributed by atoms with Crippen LogP contribution in [0.3, 0.4) is 0 Å². The van der Waals surface area contributed by atoms with E-state index in [9.17, 15) is 0 Å². The first-order valence-electron chi connectivity index (χ1n) is 7.21. The van der Waals surface area contributed by atoms with Gasteiger partial charge in [-0.25, -0.2) is 4.68 Å². The van der Waals surface area contributed by atoms with E-state index in [0.29, 0.717) is 5.82 Å². The van der Waals surface area contributed by atoms with Gasteiger partial charge in [0.05, 0.1) is 11.9 Å². The summed E-state index contributed by atoms with van der Waals surface area (Å²) in [5.41, 5.74) is 9.40. The molecule has 0 aliphatic carbocycles. The van der Waals surface area contributed by atoms with Crippen molar-refractivity contribution in [1.82, 2.24) is 9.78 Å². The van der Waals surface area contributed by atoms with Crippen LogP contribution in [-0.2, 0) is 0 Å². The summed E-state index contributed by atoms with van der Waals surface area (Å²) in [4.78, 5) is 0. The third-order valence-corrected chi connectivity index (χ3v) is 3.87. The Morgan fingerprint density at radius 1 is 0.773 bits per heavy atom. The summed E-state index contributed by atoms with van der Waals surface area (Å²) < 4.78 is 1.81. The predicted molar refractivity (Wildman–Crippen MR) is 90.9 cm³/mol. The maximum Gasteiger partial charge on any atom is 0.127 e. The minimum atomic E-state index is 0.633. The van der Waals surface area contributed by atoms with Crippen LogP contribution < -0.4 is 5.73 Å². The number of hydrogen-bond donors (Lipinski definition) is 1. The molecular formula is C19H15N3. The van der Waals surface area contributed by atoms with Gasteiger partial charge in [-0.1, -0.05) is 66.7 Å². The van der Waals surface area contributed by atoms with Crippen molar-refractivity contribution >= 4 is 16.6 Å². The molecule has 1 heterocycles. The fourth-order valence-corrected chi connectivity index (χ4v) is 2.83. The second-order valence-electron chi connectivity index (χ2n) is 5.22. The molecular weight excluding hydrogens is 270 g/mol. The Kier molecular flexibility index (Phi) is 2.90. The lowest BCUT2D eigenvalue weighted by atomic mass is 9.98. The highest BCUT2D eigenvalue weighted by molar-refractivity contribution is 5.97. The van der Waals surface area contributed by atoms with Gasteiger partial charge >= 0.3 is 0 Å². The van der Waals surface area contributed by atoms with Gasteiger partial charge in [0.25, 0.3) is 0 Å². The molecule has 0 bridgehead atoms. The second-order valence-corrected chi connectivity index (χ2v) is 5.22. The zero-order chi connectivity index (χ0) is 14.9. The lowest BCUT2D eigenvalue weighted by molar-refractivity contribution is 0.900. The van der Waals surface area contributed by atoms with Crippen molar-refractivity contribution < 1.29 is 0 Å². The molecule has 4 aromatic rings. The topological polar surface area (TPSA) is 43.8 Å². The minimum absolute atomic E-state index is 0.633. The van der Waals surface area contributed by atoms with Gasteiger partial charge in [-0.3, -0.25) is 0 Å². The monoisotopic (exact) mass is 285 g/mol. The lowest BCUT2D eigenvalue weighted by Gasteiger charge is -2.14. The van der Waals surface area contributed by atoms with Crippen molar-refractivity contribution in [2.45, 2.75) is 0 Å². The number of fused-ring (bicyclic) bond motifs is 1. The normalized spacial score (nSPS) is 10.9. The maximum atomic E-state index is 6.11. The zero-order valence-electron chi connectivity index (χ0n) is 12.0. The quantitative estimate of drug-likeness (QED) is 0.597. The average molecular weight is 285 g/mol. The number of rotatable bonds is 2. The standard InChI is InChI=1S/C19H15N3/c20-18-12-13-21-22(18)19-16-9-5-4-8-15(16)10-11-17(19)14-6-2-1-3-7-14/h1-13H,20H2. The Bertz CT molecular complexity index is 939. The van der Waals surface area contributed by atoms with Crippen LogP contribution in [0, 0.1) is 0 Å². The van der Waals surface area contributed by atoms with Crippen molar-refractivity contribution in [3.05, 3.63) is 79.0 Å². The summed E-state index contributed by atoms with van der Waals surface area (Å²) in [5.74, 6) is 0.633. The van der Waals surface area contributed by atoms with E-state index >= 15 is 0 Å². The van der Waals surface area contributed by atoms with E-state index in [1.54, 1.807) is 6.20 Å². The number of nitrogen functional groups attached to an aromatic ring is 1. The Labute approximate surface area is 128 Å². The van der Waals surface area contributed by atoms with Gasteiger partial charge in [-0.2, -0.15) is 5.10 Å². The van der Waals surface area contributed by atoms with E-state index < -0.39 is 0 Å². The third kappa shape index (κ3) is 1.95. The number of hydrogen-bond acceptors (Lipinski definition) is 2. The van der Waals surface area contributed by atoms with Crippen LogP contribution in [0.1, 0.15) is 0 Å². The average Bonchev–Trinajstić information content (AvgIpc) is 3.00. The number of anilines is 1. The number of nitrogens with zero attached hydrogens (tertiary/aromatic N) is 2. The summed E-state index contributed by atoms with van der Waals surface area (Å²) in [5, 5.41) is 6.73. The highest BCUT2D eigenvalue weighted by Crippen LogP contribution is 2.34. The van der Waals surface area contributed by atoms with Gasteiger partial charge in [-0.15, -0.1) is 0 Å². The molecule has 22 heavy (non-hydrogen) atoms. The molecule has 0 amide bonds. The van der Waals surface area contributed by atoms with Crippen LogP contribution in [0.2, 0.25) is 0 Å². The Morgan fingerprint density at radius 2 is 1.55 bits per heavy atom. The SMILES string of the molecule is Nc1ccnn1-c1c(-c2ccccc2)ccc2ccccc12. The first-order valence-corrected chi connectivity index (χ1v) is 7.21. The molecule has 0 fully saturated rings. The predicted octanol–water partition coefficient (Wildman–Crippen LogP) is 4.27. The molecule has 3 aromatic carbocycles. The fourth-order valence-electron chi connectivity index (χ4n) is 2.83. The first-order chi connectivity index (χ1) is 10.8. The third-order valence-electron chi connectivity index (χ3n) is 3.87. The van der Waals surface area contributed by atoms with Gasteiger partial charge in [-0.05, 0) is 10.9 Å². The first kappa shape index (κ1) is 12.7. The van der Waals surface area contributed by atoms with Crippen molar-refractivity contribution in [3.8, 4) is 16.8 Å². The highest BCUT2D eigenvalue weighted by atomic mass is 15.3. The Balaban J connectivity index is 2.12. The molecule has 2 N–H and O–H groups in total. The summed E-state index contributed by atoms with van der Waals surface area (Å²) in [6.45, 7) is 0. The highest BCUT2D eigenvalue weighted by Gasteiger charge is 2.13. The summed E-state index contributed by atoms with van der Waals surface area (Å²) in [6, 6.07) is 24.7. The molecule has 106 valence electrons. The molecule has 3 heteroatoms. The molecule has 0 spiro atoms. The number of nitrogens with two attached hydrogens (primary N) is 1. The summed E-state index contributed by atoms with van der Waals surface area (Å²) in [7, 11) is 0. The van der Waals surface area contributed by atoms with E-state index in [4.69, 9.17) is 5.73 Å². The van der Waals surface area contributed by atoms with E-state index in [0.717, 1.165) is 22.2 Å². The van der Waals surface area contributed by atoms with Crippen LogP contribution in [-0.4, -0.2) is 9.78 Å². The fraction of sp³-hybridized carbons (Fsp3) is 0. The van der Waals surface area contributed by atoms with E-state index in [1.807, 2.05) is 41.1 Å². The van der Waals surface area contributed by atoms with Crippen LogP contribution in [0.4, 0.5) is 5.82 Å². The second kappa shape index (κ2) is 5.04. The largest absolute Gasteiger partial charge is 0.384 e. The number of aromatic nitrogens is 2. The van der Waals surface area contributed by atoms with Crippen LogP contribution in [0.15, 0.2) is 79.0 Å². The molecule has 0 saturated heterocycles. The van der Waals surface area contributed by atoms with Gasteiger partial charge in [0.2, 0.25) is 0 Å². The van der Waals surface area contributed by atoms with E-state index in [-0.39, 0.29) is 0 Å². The van der Waals surface area contributed by atoms with E-state index in [1.165, 1.54) is 5.39 Å². The van der Waals surface area contributed by atoms with Gasteiger partial charge in [0.1, 0.15) is 5.82 Å². The molecule has 0 saturated carbocycles. The molecule has 0 aliphatic rings. The zero-order valence-corrected chi connectivity index (χ0v) is 12.0. The van der Waals surface area contributed by atoms with Gasteiger partial charge < -0.3 is 5.73 Å². The van der Waals surface area contributed by atoms with Crippen molar-refractivity contribution in [3.63, 3.8) is 0 Å². The van der Waals surface area contributed by atoms with Crippen LogP contribution in [0.5, 0.6) is 0 Å². The maximum absolute atomic E-state index is 6.11. The van der Waals surface area contributed by atoms with Gasteiger partial charge in [0, 0.05) is 17.0 Å². The van der Waals surface area contributed by atoms with Crippen LogP contribution in [0.25, 0.3) is 27.6 Å². The number of benzene rings is 3. The molecule has 0 unspecified atom stereocenters. The van der Waals surface area contributed by atoms with Crippen molar-refractivity contribution in [2.75, 3.05) is 5.73 Å². The van der Waals surface area contributed by atoms with Crippen LogP contribution >= 0.6 is 0 Å². The van der Waals surface area contributed by atoms with E-state index in [2.05, 4.69) is 41.5 Å². The smallest absolute Gasteiger partial charge is 0.127 e. The Hall–Kier alpha value is -3.07. The minimum Gasteiger partial charge on any atom is -0.384 e. The lowest BCUT2D eigenvalue weighted by Crippen LogP contribution is -2.04. The van der Waals surface area contributed by atoms with Crippen molar-refractivity contribution in [1.29, 1.82) is 0 Å². The molecule has 0 aliphatic heterocycles. The molecule has 3 nitrogen and oxygen atoms in total. The molecule has 0 atom stereocenters. The van der Waals surface area contributed by atoms with Gasteiger partial charge in [0.15, 0.2) is 0 Å². The molecule has 4 rings (SSSR count). The molecule has 1 aromatic heterocycles. The Morgan fingerprint density at radius 3 is 2.32 bits per heavy atom. The summed E-state index contributed by atoms with van der Waals surface area (Å²) >= 11 is 0.